The fraction of sp³-hybridized carbons (Fsp3) is 0.679. The van der Waals surface area contributed by atoms with Crippen molar-refractivity contribution in [1.82, 2.24) is 14.9 Å². The van der Waals surface area contributed by atoms with Crippen molar-refractivity contribution in [3.05, 3.63) is 41.5 Å². The minimum absolute atomic E-state index is 0.0426. The first-order valence-corrected chi connectivity index (χ1v) is 15.5. The van der Waals surface area contributed by atoms with Crippen LogP contribution in [0.15, 0.2) is 30.4 Å². The molecule has 2 bridgehead atoms. The molecule has 0 aromatic heterocycles. The lowest BCUT2D eigenvalue weighted by atomic mass is 9.97. The van der Waals surface area contributed by atoms with Crippen LogP contribution in [-0.4, -0.2) is 81.2 Å². The lowest BCUT2D eigenvalue weighted by Gasteiger charge is -2.32. The van der Waals surface area contributed by atoms with Crippen molar-refractivity contribution >= 4 is 15.9 Å². The Hall–Kier alpha value is -2.19. The SMILES string of the molecule is COc1ccc2c(c1)[C@@H]1C[C@H]2OC/C=C\CC[C@H](N(C)S(=O)(=O)CCC(F)(F)F)C(=O)N[C@@H](CC(C)C)[C@H](O)CN1. The van der Waals surface area contributed by atoms with Gasteiger partial charge >= 0.3 is 6.18 Å². The highest BCUT2D eigenvalue weighted by Gasteiger charge is 2.37. The summed E-state index contributed by atoms with van der Waals surface area (Å²) in [5.74, 6) is -1.03. The standard InChI is InChI=1S/C28H42F3N3O6S/c1-18(2)14-23-25(35)17-32-22-16-26(20-10-9-19(39-4)15-21(20)22)40-12-7-5-6-8-24(27(36)33-23)34(3)41(37,38)13-11-28(29,30)31/h5,7,9-10,15,18,22-26,32,35H,6,8,11-14,16-17H2,1-4H3,(H,33,36)/b7-5-/t22-,23-,24-,25+,26+/m0/s1. The number of carbonyl (C=O) groups excluding carboxylic acids is 1. The van der Waals surface area contributed by atoms with Gasteiger partial charge < -0.3 is 25.2 Å². The highest BCUT2D eigenvalue weighted by Crippen LogP contribution is 2.42. The smallest absolute Gasteiger partial charge is 0.390 e. The quantitative estimate of drug-likeness (QED) is 0.407. The van der Waals surface area contributed by atoms with E-state index in [0.29, 0.717) is 25.0 Å². The molecule has 1 aliphatic carbocycles. The van der Waals surface area contributed by atoms with Crippen molar-refractivity contribution in [2.45, 2.75) is 82.5 Å². The number of alkyl halides is 3. The summed E-state index contributed by atoms with van der Waals surface area (Å²) >= 11 is 0. The Morgan fingerprint density at radius 3 is 2.61 bits per heavy atom. The zero-order valence-corrected chi connectivity index (χ0v) is 24.8. The van der Waals surface area contributed by atoms with Crippen LogP contribution in [0.2, 0.25) is 0 Å². The molecule has 2 aliphatic rings. The molecule has 41 heavy (non-hydrogen) atoms. The molecule has 13 heteroatoms. The lowest BCUT2D eigenvalue weighted by molar-refractivity contribution is -0.130. The molecule has 1 heterocycles. The normalized spacial score (nSPS) is 27.5. The monoisotopic (exact) mass is 605 g/mol. The maximum Gasteiger partial charge on any atom is 0.390 e. The highest BCUT2D eigenvalue weighted by atomic mass is 32.2. The number of hydrogen-bond acceptors (Lipinski definition) is 7. The maximum absolute atomic E-state index is 13.5. The number of β-amino-alcohol motifs (C(OH)–C–C–N with tert-alkyl or cyclic N) is 1. The van der Waals surface area contributed by atoms with Gasteiger partial charge in [-0.15, -0.1) is 0 Å². The molecule has 0 spiro atoms. The first-order valence-electron chi connectivity index (χ1n) is 13.9. The van der Waals surface area contributed by atoms with Crippen LogP contribution in [0.1, 0.15) is 69.2 Å². The number of aliphatic hydroxyl groups excluding tert-OH is 1. The molecule has 0 saturated heterocycles. The number of ether oxygens (including phenoxy) is 2. The van der Waals surface area contributed by atoms with E-state index < -0.39 is 52.5 Å². The van der Waals surface area contributed by atoms with Gasteiger partial charge in [-0.2, -0.15) is 17.5 Å². The van der Waals surface area contributed by atoms with Gasteiger partial charge in [0.25, 0.3) is 0 Å². The number of benzene rings is 1. The van der Waals surface area contributed by atoms with Crippen molar-refractivity contribution in [3.63, 3.8) is 0 Å². The summed E-state index contributed by atoms with van der Waals surface area (Å²) in [6.45, 7) is 4.28. The fourth-order valence-corrected chi connectivity index (χ4v) is 6.64. The van der Waals surface area contributed by atoms with E-state index in [4.69, 9.17) is 9.47 Å². The van der Waals surface area contributed by atoms with E-state index in [0.717, 1.165) is 22.5 Å². The number of nitrogens with one attached hydrogen (secondary N) is 2. The summed E-state index contributed by atoms with van der Waals surface area (Å²) < 4.78 is 76.1. The number of amides is 1. The maximum atomic E-state index is 13.5. The number of halogens is 3. The van der Waals surface area contributed by atoms with Gasteiger partial charge in [-0.25, -0.2) is 8.42 Å². The number of hydrogen-bond donors (Lipinski definition) is 3. The number of likely N-dealkylation sites (N-methyl/N-ethyl adjacent to an activating group) is 1. The van der Waals surface area contributed by atoms with Crippen LogP contribution >= 0.6 is 0 Å². The van der Waals surface area contributed by atoms with Crippen molar-refractivity contribution in [1.29, 1.82) is 0 Å². The van der Waals surface area contributed by atoms with Crippen LogP contribution in [-0.2, 0) is 19.6 Å². The molecule has 1 aromatic rings. The number of aliphatic hydroxyl groups is 1. The summed E-state index contributed by atoms with van der Waals surface area (Å²) in [4.78, 5) is 13.5. The van der Waals surface area contributed by atoms with Gasteiger partial charge in [-0.05, 0) is 54.9 Å². The number of fused-ring (bicyclic) bond motifs is 5. The van der Waals surface area contributed by atoms with Crippen LogP contribution < -0.4 is 15.4 Å². The zero-order valence-electron chi connectivity index (χ0n) is 24.0. The second-order valence-corrected chi connectivity index (χ2v) is 13.2. The Balaban J connectivity index is 1.87. The van der Waals surface area contributed by atoms with Gasteiger partial charge in [0, 0.05) is 19.6 Å². The molecular formula is C28H42F3N3O6S. The van der Waals surface area contributed by atoms with E-state index in [2.05, 4.69) is 10.6 Å². The zero-order chi connectivity index (χ0) is 30.4. The lowest BCUT2D eigenvalue weighted by Crippen LogP contribution is -2.55. The first-order chi connectivity index (χ1) is 19.2. The Kier molecular flexibility index (Phi) is 11.6. The summed E-state index contributed by atoms with van der Waals surface area (Å²) in [7, 11) is -1.68. The third-order valence-corrected chi connectivity index (χ3v) is 9.40. The van der Waals surface area contributed by atoms with Gasteiger partial charge in [0.2, 0.25) is 15.9 Å². The van der Waals surface area contributed by atoms with E-state index in [9.17, 15) is 31.5 Å². The molecule has 5 atom stereocenters. The molecule has 1 aliphatic heterocycles. The number of methoxy groups -OCH3 is 1. The molecule has 3 N–H and O–H groups in total. The minimum atomic E-state index is -4.65. The van der Waals surface area contributed by atoms with Crippen LogP contribution in [0.5, 0.6) is 5.75 Å². The molecule has 0 fully saturated rings. The Labute approximate surface area is 240 Å². The van der Waals surface area contributed by atoms with Crippen LogP contribution in [0.25, 0.3) is 0 Å². The highest BCUT2D eigenvalue weighted by molar-refractivity contribution is 7.89. The summed E-state index contributed by atoms with van der Waals surface area (Å²) in [5, 5.41) is 17.4. The van der Waals surface area contributed by atoms with E-state index in [1.165, 1.54) is 0 Å². The van der Waals surface area contributed by atoms with E-state index in [1.54, 1.807) is 19.3 Å². The Morgan fingerprint density at radius 2 is 1.95 bits per heavy atom. The number of rotatable bonds is 7. The molecule has 0 unspecified atom stereocenters. The van der Waals surface area contributed by atoms with E-state index in [1.807, 2.05) is 32.0 Å². The Morgan fingerprint density at radius 1 is 1.22 bits per heavy atom. The second-order valence-electron chi connectivity index (χ2n) is 11.1. The number of nitrogens with zero attached hydrogens (tertiary/aromatic N) is 1. The second kappa shape index (κ2) is 14.3. The predicted molar refractivity (Wildman–Crippen MR) is 149 cm³/mol. The molecule has 1 aromatic carbocycles. The topological polar surface area (TPSA) is 117 Å². The molecular weight excluding hydrogens is 563 g/mol. The molecule has 9 nitrogen and oxygen atoms in total. The van der Waals surface area contributed by atoms with Gasteiger partial charge in [0.15, 0.2) is 0 Å². The molecule has 0 radical (unpaired) electrons. The number of sulfonamides is 1. The van der Waals surface area contributed by atoms with Gasteiger partial charge in [0.05, 0.1) is 44.1 Å². The summed E-state index contributed by atoms with van der Waals surface area (Å²) in [5.41, 5.74) is 2.03. The number of carbonyl (C=O) groups is 1. The largest absolute Gasteiger partial charge is 0.497 e. The third kappa shape index (κ3) is 9.40. The first kappa shape index (κ1) is 33.3. The van der Waals surface area contributed by atoms with Crippen molar-refractivity contribution in [3.8, 4) is 5.75 Å². The average Bonchev–Trinajstić information content (AvgIpc) is 3.24. The predicted octanol–water partition coefficient (Wildman–Crippen LogP) is 3.61. The summed E-state index contributed by atoms with van der Waals surface area (Å²) in [6, 6.07) is 3.68. The van der Waals surface area contributed by atoms with Crippen molar-refractivity contribution in [2.75, 3.05) is 33.1 Å². The van der Waals surface area contributed by atoms with Crippen molar-refractivity contribution < 1.29 is 41.0 Å². The number of allylic oxidation sites excluding steroid dienone is 1. The van der Waals surface area contributed by atoms with Gasteiger partial charge in [-0.1, -0.05) is 32.1 Å². The van der Waals surface area contributed by atoms with Gasteiger partial charge in [0.1, 0.15) is 11.8 Å². The molecule has 1 amide bonds. The van der Waals surface area contributed by atoms with Crippen molar-refractivity contribution in [2.24, 2.45) is 5.92 Å². The van der Waals surface area contributed by atoms with E-state index >= 15 is 0 Å². The van der Waals surface area contributed by atoms with E-state index in [-0.39, 0.29) is 37.6 Å². The van der Waals surface area contributed by atoms with Crippen LogP contribution in [0, 0.1) is 5.92 Å². The molecule has 0 saturated carbocycles. The minimum Gasteiger partial charge on any atom is -0.497 e. The van der Waals surface area contributed by atoms with Crippen LogP contribution in [0.4, 0.5) is 13.2 Å². The molecule has 232 valence electrons. The fourth-order valence-electron chi connectivity index (χ4n) is 5.27. The summed E-state index contributed by atoms with van der Waals surface area (Å²) in [6.07, 6.45) is -2.42. The van der Waals surface area contributed by atoms with Gasteiger partial charge in [-0.3, -0.25) is 4.79 Å². The van der Waals surface area contributed by atoms with Crippen LogP contribution in [0.3, 0.4) is 0 Å². The average molecular weight is 606 g/mol. The third-order valence-electron chi connectivity index (χ3n) is 7.55. The molecule has 3 rings (SSSR count). The Bertz CT molecular complexity index is 1160.